The van der Waals surface area contributed by atoms with E-state index in [9.17, 15) is 4.79 Å². The van der Waals surface area contributed by atoms with Crippen LogP contribution in [0.2, 0.25) is 19.6 Å². The number of rotatable bonds is 4. The van der Waals surface area contributed by atoms with Gasteiger partial charge in [0.2, 0.25) is 0 Å². The van der Waals surface area contributed by atoms with Crippen molar-refractivity contribution in [2.75, 3.05) is 13.2 Å². The fourth-order valence-electron chi connectivity index (χ4n) is 0.549. The van der Waals surface area contributed by atoms with E-state index in [-0.39, 0.29) is 5.97 Å². The van der Waals surface area contributed by atoms with E-state index in [1.54, 1.807) is 0 Å². The number of nitrogens with one attached hydrogen (secondary N) is 1. The minimum absolute atomic E-state index is 0.157. The Bertz CT molecular complexity index is 131. The van der Waals surface area contributed by atoms with Crippen LogP contribution in [-0.4, -0.2) is 27.4 Å². The topological polar surface area (TPSA) is 38.3 Å². The van der Waals surface area contributed by atoms with Gasteiger partial charge in [-0.1, -0.05) is 19.6 Å². The number of esters is 1. The van der Waals surface area contributed by atoms with Crippen molar-refractivity contribution in [2.24, 2.45) is 0 Å². The van der Waals surface area contributed by atoms with E-state index in [1.807, 2.05) is 6.92 Å². The number of carbonyl (C=O) groups is 1. The van der Waals surface area contributed by atoms with E-state index in [4.69, 9.17) is 4.74 Å². The molecule has 66 valence electrons. The summed E-state index contributed by atoms with van der Waals surface area (Å²) in [5, 5.41) is 0. The average Bonchev–Trinajstić information content (AvgIpc) is 1.83. The van der Waals surface area contributed by atoms with Gasteiger partial charge in [0.05, 0.1) is 13.2 Å². The molecule has 0 aliphatic rings. The third-order valence-electron chi connectivity index (χ3n) is 1.07. The third kappa shape index (κ3) is 7.54. The Balaban J connectivity index is 3.46. The zero-order valence-electron chi connectivity index (χ0n) is 7.73. The molecule has 0 heterocycles. The quantitative estimate of drug-likeness (QED) is 0.511. The molecule has 0 spiro atoms. The first-order chi connectivity index (χ1) is 4.95. The lowest BCUT2D eigenvalue weighted by Gasteiger charge is -2.16. The van der Waals surface area contributed by atoms with Gasteiger partial charge in [-0.2, -0.15) is 0 Å². The minimum atomic E-state index is -1.30. The molecule has 0 atom stereocenters. The molecule has 0 aromatic heterocycles. The van der Waals surface area contributed by atoms with Gasteiger partial charge in [-0.05, 0) is 6.92 Å². The number of hydrogen-bond acceptors (Lipinski definition) is 3. The number of hydrogen-bond donors (Lipinski definition) is 1. The van der Waals surface area contributed by atoms with E-state index >= 15 is 0 Å². The van der Waals surface area contributed by atoms with Crippen molar-refractivity contribution < 1.29 is 9.53 Å². The van der Waals surface area contributed by atoms with Crippen molar-refractivity contribution in [1.29, 1.82) is 0 Å². The van der Waals surface area contributed by atoms with Crippen molar-refractivity contribution in [1.82, 2.24) is 4.98 Å². The highest BCUT2D eigenvalue weighted by molar-refractivity contribution is 6.73. The Hall–Kier alpha value is -0.353. The van der Waals surface area contributed by atoms with Crippen LogP contribution in [0.3, 0.4) is 0 Å². The summed E-state index contributed by atoms with van der Waals surface area (Å²) in [7, 11) is -1.30. The lowest BCUT2D eigenvalue weighted by Crippen LogP contribution is -2.44. The molecule has 0 aromatic rings. The summed E-state index contributed by atoms with van der Waals surface area (Å²) in [5.74, 6) is -0.157. The minimum Gasteiger partial charge on any atom is -0.465 e. The highest BCUT2D eigenvalue weighted by Crippen LogP contribution is 1.92. The van der Waals surface area contributed by atoms with Crippen LogP contribution in [0.1, 0.15) is 6.92 Å². The molecule has 0 radical (unpaired) electrons. The van der Waals surface area contributed by atoms with Gasteiger partial charge in [0, 0.05) is 0 Å². The molecule has 1 N–H and O–H groups in total. The summed E-state index contributed by atoms with van der Waals surface area (Å²) in [6, 6.07) is 0. The molecule has 0 aliphatic carbocycles. The van der Waals surface area contributed by atoms with Gasteiger partial charge in [-0.3, -0.25) is 4.79 Å². The first-order valence-corrected chi connectivity index (χ1v) is 7.36. The molecule has 0 amide bonds. The second-order valence-corrected chi connectivity index (χ2v) is 8.26. The summed E-state index contributed by atoms with van der Waals surface area (Å²) in [4.78, 5) is 14.0. The van der Waals surface area contributed by atoms with Crippen molar-refractivity contribution >= 4 is 14.2 Å². The Labute approximate surface area is 69.2 Å². The molecule has 0 bridgehead atoms. The van der Waals surface area contributed by atoms with Crippen LogP contribution in [0.5, 0.6) is 0 Å². The SMILES string of the molecule is CCOC(=O)CN[Si](C)(C)C. The van der Waals surface area contributed by atoms with Gasteiger partial charge in [-0.15, -0.1) is 0 Å². The van der Waals surface area contributed by atoms with Gasteiger partial charge in [-0.25, -0.2) is 0 Å². The second kappa shape index (κ2) is 4.51. The van der Waals surface area contributed by atoms with Crippen LogP contribution >= 0.6 is 0 Å². The summed E-state index contributed by atoms with van der Waals surface area (Å²) in [6.45, 7) is 9.06. The van der Waals surface area contributed by atoms with E-state index in [1.165, 1.54) is 0 Å². The lowest BCUT2D eigenvalue weighted by molar-refractivity contribution is -0.141. The number of carbonyl (C=O) groups excluding carboxylic acids is 1. The molecule has 0 fully saturated rings. The van der Waals surface area contributed by atoms with Crippen molar-refractivity contribution in [2.45, 2.75) is 26.6 Å². The fourth-order valence-corrected chi connectivity index (χ4v) is 1.22. The average molecular weight is 175 g/mol. The standard InChI is InChI=1S/C7H17NO2Si/c1-5-10-7(9)6-8-11(2,3)4/h8H,5-6H2,1-4H3. The van der Waals surface area contributed by atoms with Gasteiger partial charge in [0.1, 0.15) is 8.24 Å². The van der Waals surface area contributed by atoms with E-state index in [2.05, 4.69) is 24.6 Å². The van der Waals surface area contributed by atoms with Gasteiger partial charge < -0.3 is 9.72 Å². The Morgan fingerprint density at radius 3 is 2.36 bits per heavy atom. The first-order valence-electron chi connectivity index (χ1n) is 3.86. The third-order valence-corrected chi connectivity index (χ3v) is 2.31. The number of ether oxygens (including phenoxy) is 1. The molecule has 0 saturated carbocycles. The maximum atomic E-state index is 10.8. The Morgan fingerprint density at radius 2 is 2.00 bits per heavy atom. The zero-order chi connectivity index (χ0) is 8.91. The summed E-state index contributed by atoms with van der Waals surface area (Å²) in [6.07, 6.45) is 0. The van der Waals surface area contributed by atoms with Crippen LogP contribution in [0, 0.1) is 0 Å². The molecular formula is C7H17NO2Si. The van der Waals surface area contributed by atoms with Crippen molar-refractivity contribution in [3.8, 4) is 0 Å². The highest BCUT2D eigenvalue weighted by Gasteiger charge is 2.13. The summed E-state index contributed by atoms with van der Waals surface area (Å²) < 4.78 is 4.76. The summed E-state index contributed by atoms with van der Waals surface area (Å²) in [5.41, 5.74) is 0. The van der Waals surface area contributed by atoms with Gasteiger partial charge in [0.15, 0.2) is 0 Å². The van der Waals surface area contributed by atoms with Crippen molar-refractivity contribution in [3.63, 3.8) is 0 Å². The van der Waals surface area contributed by atoms with Crippen LogP contribution in [-0.2, 0) is 9.53 Å². The highest BCUT2D eigenvalue weighted by atomic mass is 28.3. The van der Waals surface area contributed by atoms with Crippen molar-refractivity contribution in [3.05, 3.63) is 0 Å². The summed E-state index contributed by atoms with van der Waals surface area (Å²) >= 11 is 0. The normalized spacial score (nSPS) is 11.3. The molecule has 0 rings (SSSR count). The van der Waals surface area contributed by atoms with Crippen LogP contribution in [0.25, 0.3) is 0 Å². The molecule has 0 aromatic carbocycles. The Morgan fingerprint density at radius 1 is 1.45 bits per heavy atom. The molecule has 4 heteroatoms. The van der Waals surface area contributed by atoms with E-state index in [0.717, 1.165) is 0 Å². The molecule has 3 nitrogen and oxygen atoms in total. The van der Waals surface area contributed by atoms with Crippen LogP contribution in [0.15, 0.2) is 0 Å². The molecule has 0 unspecified atom stereocenters. The second-order valence-electron chi connectivity index (χ2n) is 3.41. The predicted molar refractivity (Wildman–Crippen MR) is 48.0 cm³/mol. The fraction of sp³-hybridized carbons (Fsp3) is 0.857. The molecule has 0 saturated heterocycles. The van der Waals surface area contributed by atoms with Gasteiger partial charge in [0.25, 0.3) is 0 Å². The molecule has 0 aliphatic heterocycles. The molecule has 11 heavy (non-hydrogen) atoms. The van der Waals surface area contributed by atoms with E-state index < -0.39 is 8.24 Å². The van der Waals surface area contributed by atoms with Crippen LogP contribution in [0.4, 0.5) is 0 Å². The zero-order valence-corrected chi connectivity index (χ0v) is 8.73. The monoisotopic (exact) mass is 175 g/mol. The Kier molecular flexibility index (Phi) is 4.36. The first kappa shape index (κ1) is 10.6. The smallest absolute Gasteiger partial charge is 0.319 e. The maximum absolute atomic E-state index is 10.8. The van der Waals surface area contributed by atoms with E-state index in [0.29, 0.717) is 13.2 Å². The molecular weight excluding hydrogens is 158 g/mol. The van der Waals surface area contributed by atoms with Gasteiger partial charge >= 0.3 is 5.97 Å². The largest absolute Gasteiger partial charge is 0.465 e. The van der Waals surface area contributed by atoms with Crippen LogP contribution < -0.4 is 4.98 Å². The maximum Gasteiger partial charge on any atom is 0.319 e. The lowest BCUT2D eigenvalue weighted by atomic mass is 10.7. The predicted octanol–water partition coefficient (Wildman–Crippen LogP) is 0.974.